The van der Waals surface area contributed by atoms with Crippen molar-refractivity contribution in [3.63, 3.8) is 0 Å². The number of para-hydroxylation sites is 1. The van der Waals surface area contributed by atoms with Crippen LogP contribution in [0.4, 0.5) is 0 Å². The van der Waals surface area contributed by atoms with E-state index in [0.717, 1.165) is 56.1 Å². The maximum absolute atomic E-state index is 10.8. The zero-order valence-corrected chi connectivity index (χ0v) is 15.8. The van der Waals surface area contributed by atoms with Crippen molar-refractivity contribution >= 4 is 22.5 Å². The molecule has 2 heterocycles. The number of piperazine rings is 1. The largest absolute Gasteiger partial charge is 0.390 e. The van der Waals surface area contributed by atoms with Crippen molar-refractivity contribution < 1.29 is 5.11 Å². The molecule has 4 nitrogen and oxygen atoms in total. The van der Waals surface area contributed by atoms with E-state index in [1.54, 1.807) is 0 Å². The fourth-order valence-electron chi connectivity index (χ4n) is 4.44. The minimum absolute atomic E-state index is 0.360. The summed E-state index contributed by atoms with van der Waals surface area (Å²) >= 11 is 6.55. The topological polar surface area (TPSA) is 31.6 Å². The standard InChI is InChI=1S/C20H28ClN3O/c1-22-9-11-23(12-10-22)13-15(25)14-24-19-8-3-2-5-16(19)17-6-4-7-18(21)20(17)24/h4,6-7,15,25H,2-3,5,8-14H2,1H3/t15-/m0/s1. The average molecular weight is 362 g/mol. The number of aryl methyl sites for hydroxylation is 1. The number of nitrogens with zero attached hydrogens (tertiary/aromatic N) is 3. The summed E-state index contributed by atoms with van der Waals surface area (Å²) in [5, 5.41) is 12.9. The molecule has 1 aromatic heterocycles. The number of halogens is 1. The van der Waals surface area contributed by atoms with Crippen molar-refractivity contribution in [2.45, 2.75) is 38.3 Å². The molecule has 136 valence electrons. The molecule has 0 unspecified atom stereocenters. The van der Waals surface area contributed by atoms with Gasteiger partial charge in [0.25, 0.3) is 0 Å². The van der Waals surface area contributed by atoms with E-state index in [0.29, 0.717) is 6.54 Å². The number of hydrogen-bond donors (Lipinski definition) is 1. The Morgan fingerprint density at radius 2 is 1.84 bits per heavy atom. The Morgan fingerprint density at radius 1 is 1.08 bits per heavy atom. The summed E-state index contributed by atoms with van der Waals surface area (Å²) in [6.45, 7) is 5.63. The van der Waals surface area contributed by atoms with Gasteiger partial charge in [-0.25, -0.2) is 0 Å². The van der Waals surface area contributed by atoms with Gasteiger partial charge in [0.15, 0.2) is 0 Å². The summed E-state index contributed by atoms with van der Waals surface area (Å²) in [4.78, 5) is 4.73. The second-order valence-corrected chi connectivity index (χ2v) is 8.04. The third-order valence-electron chi connectivity index (χ3n) is 5.80. The SMILES string of the molecule is CN1CCN(C[C@H](O)Cn2c3c(c4cccc(Cl)c42)CCCC3)CC1. The van der Waals surface area contributed by atoms with Crippen molar-refractivity contribution in [2.75, 3.05) is 39.8 Å². The zero-order valence-electron chi connectivity index (χ0n) is 15.0. The van der Waals surface area contributed by atoms with Gasteiger partial charge in [-0.15, -0.1) is 0 Å². The van der Waals surface area contributed by atoms with Gasteiger partial charge in [0.1, 0.15) is 0 Å². The fourth-order valence-corrected chi connectivity index (χ4v) is 4.72. The van der Waals surface area contributed by atoms with Crippen molar-refractivity contribution in [3.8, 4) is 0 Å². The molecule has 0 bridgehead atoms. The number of β-amino-alcohol motifs (C(OH)–C–C–N with tert-alkyl or cyclic N) is 1. The Kier molecular flexibility index (Phi) is 5.05. The van der Waals surface area contributed by atoms with Gasteiger partial charge in [0.2, 0.25) is 0 Å². The highest BCUT2D eigenvalue weighted by Gasteiger charge is 2.24. The van der Waals surface area contributed by atoms with E-state index in [2.05, 4.69) is 27.5 Å². The van der Waals surface area contributed by atoms with E-state index >= 15 is 0 Å². The highest BCUT2D eigenvalue weighted by molar-refractivity contribution is 6.35. The monoisotopic (exact) mass is 361 g/mol. The van der Waals surface area contributed by atoms with Crippen LogP contribution in [0, 0.1) is 0 Å². The van der Waals surface area contributed by atoms with Crippen LogP contribution in [0.2, 0.25) is 5.02 Å². The molecule has 2 aromatic rings. The van der Waals surface area contributed by atoms with Crippen LogP contribution in [0.3, 0.4) is 0 Å². The molecule has 1 aliphatic heterocycles. The van der Waals surface area contributed by atoms with Crippen LogP contribution in [-0.2, 0) is 19.4 Å². The summed E-state index contributed by atoms with van der Waals surface area (Å²) in [5.41, 5.74) is 3.97. The third-order valence-corrected chi connectivity index (χ3v) is 6.11. The van der Waals surface area contributed by atoms with Gasteiger partial charge in [-0.1, -0.05) is 23.7 Å². The van der Waals surface area contributed by atoms with Crippen LogP contribution < -0.4 is 0 Å². The molecule has 2 aliphatic rings. The first-order valence-corrected chi connectivity index (χ1v) is 9.88. The Balaban J connectivity index is 1.58. The van der Waals surface area contributed by atoms with Crippen LogP contribution in [0.5, 0.6) is 0 Å². The van der Waals surface area contributed by atoms with Crippen LogP contribution in [-0.4, -0.2) is 65.3 Å². The van der Waals surface area contributed by atoms with Crippen molar-refractivity contribution in [1.29, 1.82) is 0 Å². The minimum atomic E-state index is -0.360. The van der Waals surface area contributed by atoms with E-state index in [-0.39, 0.29) is 6.10 Å². The third kappa shape index (κ3) is 3.45. The fraction of sp³-hybridized carbons (Fsp3) is 0.600. The van der Waals surface area contributed by atoms with Gasteiger partial charge in [-0.3, -0.25) is 4.90 Å². The summed E-state index contributed by atoms with van der Waals surface area (Å²) < 4.78 is 2.31. The van der Waals surface area contributed by atoms with E-state index in [1.807, 2.05) is 12.1 Å². The lowest BCUT2D eigenvalue weighted by Crippen LogP contribution is -2.47. The number of benzene rings is 1. The first kappa shape index (κ1) is 17.3. The van der Waals surface area contributed by atoms with Gasteiger partial charge < -0.3 is 14.6 Å². The van der Waals surface area contributed by atoms with Crippen molar-refractivity contribution in [3.05, 3.63) is 34.5 Å². The molecule has 1 fully saturated rings. The lowest BCUT2D eigenvalue weighted by molar-refractivity contribution is 0.0712. The number of rotatable bonds is 4. The maximum Gasteiger partial charge on any atom is 0.0845 e. The van der Waals surface area contributed by atoms with Crippen LogP contribution >= 0.6 is 11.6 Å². The molecule has 4 rings (SSSR count). The molecule has 25 heavy (non-hydrogen) atoms. The highest BCUT2D eigenvalue weighted by atomic mass is 35.5. The Morgan fingerprint density at radius 3 is 2.64 bits per heavy atom. The predicted molar refractivity (Wildman–Crippen MR) is 104 cm³/mol. The normalized spacial score (nSPS) is 20.8. The molecule has 1 aliphatic carbocycles. The van der Waals surface area contributed by atoms with Gasteiger partial charge >= 0.3 is 0 Å². The highest BCUT2D eigenvalue weighted by Crippen LogP contribution is 2.35. The Hall–Kier alpha value is -1.07. The molecule has 1 atom stereocenters. The molecule has 1 saturated heterocycles. The lowest BCUT2D eigenvalue weighted by atomic mass is 9.95. The molecule has 1 aromatic carbocycles. The lowest BCUT2D eigenvalue weighted by Gasteiger charge is -2.33. The molecule has 0 spiro atoms. The number of aliphatic hydroxyl groups is 1. The van der Waals surface area contributed by atoms with Gasteiger partial charge in [0, 0.05) is 43.8 Å². The smallest absolute Gasteiger partial charge is 0.0845 e. The van der Waals surface area contributed by atoms with Crippen LogP contribution in [0.25, 0.3) is 10.9 Å². The molecule has 5 heteroatoms. The van der Waals surface area contributed by atoms with Crippen LogP contribution in [0.1, 0.15) is 24.1 Å². The quantitative estimate of drug-likeness (QED) is 0.908. The second kappa shape index (κ2) is 7.28. The van der Waals surface area contributed by atoms with E-state index < -0.39 is 0 Å². The molecular formula is C20H28ClN3O. The first-order valence-electron chi connectivity index (χ1n) is 9.51. The zero-order chi connectivity index (χ0) is 17.4. The van der Waals surface area contributed by atoms with Crippen LogP contribution in [0.15, 0.2) is 18.2 Å². The summed E-state index contributed by atoms with van der Waals surface area (Å²) in [5.74, 6) is 0. The van der Waals surface area contributed by atoms with Crippen molar-refractivity contribution in [2.24, 2.45) is 0 Å². The number of hydrogen-bond acceptors (Lipinski definition) is 3. The molecule has 0 amide bonds. The summed E-state index contributed by atoms with van der Waals surface area (Å²) in [6, 6.07) is 6.21. The number of fused-ring (bicyclic) bond motifs is 3. The second-order valence-electron chi connectivity index (χ2n) is 7.64. The first-order chi connectivity index (χ1) is 12.1. The molecule has 0 radical (unpaired) electrons. The van der Waals surface area contributed by atoms with Crippen molar-refractivity contribution in [1.82, 2.24) is 14.4 Å². The van der Waals surface area contributed by atoms with Gasteiger partial charge in [-0.05, 0) is 44.4 Å². The number of aliphatic hydroxyl groups excluding tert-OH is 1. The Bertz CT molecular complexity index is 749. The summed E-state index contributed by atoms with van der Waals surface area (Å²) in [6.07, 6.45) is 4.36. The van der Waals surface area contributed by atoms with E-state index in [1.165, 1.54) is 29.5 Å². The average Bonchev–Trinajstić information content (AvgIpc) is 2.93. The Labute approximate surface area is 155 Å². The number of likely N-dealkylation sites (N-methyl/N-ethyl adjacent to an activating group) is 1. The number of aromatic nitrogens is 1. The molecule has 0 saturated carbocycles. The predicted octanol–water partition coefficient (Wildman–Crippen LogP) is 2.78. The van der Waals surface area contributed by atoms with E-state index in [9.17, 15) is 5.11 Å². The van der Waals surface area contributed by atoms with E-state index in [4.69, 9.17) is 11.6 Å². The molecule has 1 N–H and O–H groups in total. The van der Waals surface area contributed by atoms with Gasteiger partial charge in [-0.2, -0.15) is 0 Å². The summed E-state index contributed by atoms with van der Waals surface area (Å²) in [7, 11) is 2.16. The maximum atomic E-state index is 10.8. The van der Waals surface area contributed by atoms with Gasteiger partial charge in [0.05, 0.1) is 23.2 Å². The minimum Gasteiger partial charge on any atom is -0.390 e. The molecular weight excluding hydrogens is 334 g/mol.